The number of carbonyl (C=O) groups excluding carboxylic acids is 1. The molecule has 0 unspecified atom stereocenters. The van der Waals surface area contributed by atoms with Crippen molar-refractivity contribution in [3.8, 4) is 11.1 Å². The maximum atomic E-state index is 14.5. The molecular weight excluding hydrogens is 359 g/mol. The van der Waals surface area contributed by atoms with E-state index in [2.05, 4.69) is 15.5 Å². The maximum Gasteiger partial charge on any atom is 0.251 e. The number of pyridine rings is 1. The minimum absolute atomic E-state index is 0.218. The molecule has 0 radical (unpaired) electrons. The standard InChI is InChI=1S/C21H23FN4O2/c1-12-16(9-14(10-17(12)22)19(27)23-15-5-6-15)13-7-8-26-18(11-13)24-25-20(26)21(2,3)28-4/h7-11,15H,5-6H2,1-4H3,(H,23,27). The van der Waals surface area contributed by atoms with Crippen molar-refractivity contribution in [2.45, 2.75) is 45.3 Å². The summed E-state index contributed by atoms with van der Waals surface area (Å²) in [5, 5.41) is 11.4. The van der Waals surface area contributed by atoms with Crippen LogP contribution in [0.3, 0.4) is 0 Å². The molecule has 0 spiro atoms. The van der Waals surface area contributed by atoms with Crippen molar-refractivity contribution in [3.63, 3.8) is 0 Å². The highest BCUT2D eigenvalue weighted by molar-refractivity contribution is 5.96. The molecule has 146 valence electrons. The predicted octanol–water partition coefficient (Wildman–Crippen LogP) is 3.62. The van der Waals surface area contributed by atoms with Crippen LogP contribution in [-0.4, -0.2) is 33.7 Å². The van der Waals surface area contributed by atoms with Gasteiger partial charge in [-0.2, -0.15) is 0 Å². The molecule has 1 aromatic carbocycles. The lowest BCUT2D eigenvalue weighted by Crippen LogP contribution is -2.25. The van der Waals surface area contributed by atoms with Gasteiger partial charge in [-0.25, -0.2) is 4.39 Å². The fraction of sp³-hybridized carbons (Fsp3) is 0.381. The normalized spacial score (nSPS) is 14.5. The Morgan fingerprint density at radius 1 is 1.29 bits per heavy atom. The van der Waals surface area contributed by atoms with Crippen LogP contribution < -0.4 is 5.32 Å². The molecule has 6 nitrogen and oxygen atoms in total. The predicted molar refractivity (Wildman–Crippen MR) is 104 cm³/mol. The smallest absolute Gasteiger partial charge is 0.251 e. The van der Waals surface area contributed by atoms with Crippen LogP contribution in [0.25, 0.3) is 16.8 Å². The Morgan fingerprint density at radius 2 is 2.04 bits per heavy atom. The first-order chi connectivity index (χ1) is 13.3. The van der Waals surface area contributed by atoms with Gasteiger partial charge in [0.05, 0.1) is 0 Å². The van der Waals surface area contributed by atoms with Crippen LogP contribution in [0.4, 0.5) is 4.39 Å². The average molecular weight is 382 g/mol. The van der Waals surface area contributed by atoms with Gasteiger partial charge in [0.1, 0.15) is 11.4 Å². The summed E-state index contributed by atoms with van der Waals surface area (Å²) in [6.45, 7) is 5.54. The molecule has 7 heteroatoms. The number of hydrogen-bond donors (Lipinski definition) is 1. The molecule has 4 rings (SSSR count). The first-order valence-electron chi connectivity index (χ1n) is 9.32. The van der Waals surface area contributed by atoms with Gasteiger partial charge < -0.3 is 10.1 Å². The molecule has 2 heterocycles. The van der Waals surface area contributed by atoms with Crippen molar-refractivity contribution in [1.29, 1.82) is 0 Å². The summed E-state index contributed by atoms with van der Waals surface area (Å²) < 4.78 is 21.9. The minimum Gasteiger partial charge on any atom is -0.371 e. The Hall–Kier alpha value is -2.80. The summed E-state index contributed by atoms with van der Waals surface area (Å²) >= 11 is 0. The zero-order valence-corrected chi connectivity index (χ0v) is 16.4. The highest BCUT2D eigenvalue weighted by Crippen LogP contribution is 2.30. The van der Waals surface area contributed by atoms with Crippen molar-refractivity contribution in [2.24, 2.45) is 0 Å². The molecular formula is C21H23FN4O2. The second-order valence-electron chi connectivity index (χ2n) is 7.76. The summed E-state index contributed by atoms with van der Waals surface area (Å²) in [4.78, 5) is 12.4. The van der Waals surface area contributed by atoms with Gasteiger partial charge in [0.25, 0.3) is 5.91 Å². The number of hydrogen-bond acceptors (Lipinski definition) is 4. The Bertz CT molecular complexity index is 1070. The minimum atomic E-state index is -0.593. The number of halogens is 1. The third kappa shape index (κ3) is 3.26. The van der Waals surface area contributed by atoms with Gasteiger partial charge in [-0.3, -0.25) is 9.20 Å². The van der Waals surface area contributed by atoms with E-state index in [0.29, 0.717) is 28.2 Å². The maximum absolute atomic E-state index is 14.5. The molecule has 0 aliphatic heterocycles. The van der Waals surface area contributed by atoms with Gasteiger partial charge in [-0.1, -0.05) is 0 Å². The molecule has 1 amide bonds. The molecule has 1 saturated carbocycles. The van der Waals surface area contributed by atoms with Crippen LogP contribution in [0.2, 0.25) is 0 Å². The highest BCUT2D eigenvalue weighted by Gasteiger charge is 2.27. The first kappa shape index (κ1) is 18.6. The van der Waals surface area contributed by atoms with E-state index >= 15 is 0 Å². The molecule has 1 aliphatic rings. The van der Waals surface area contributed by atoms with Gasteiger partial charge in [-0.05, 0) is 74.6 Å². The van der Waals surface area contributed by atoms with Crippen molar-refractivity contribution < 1.29 is 13.9 Å². The summed E-state index contributed by atoms with van der Waals surface area (Å²) in [6, 6.07) is 6.96. The fourth-order valence-corrected chi connectivity index (χ4v) is 3.17. The number of aromatic nitrogens is 3. The van der Waals surface area contributed by atoms with E-state index in [9.17, 15) is 9.18 Å². The zero-order valence-electron chi connectivity index (χ0n) is 16.4. The fourth-order valence-electron chi connectivity index (χ4n) is 3.17. The van der Waals surface area contributed by atoms with Crippen molar-refractivity contribution in [3.05, 3.63) is 53.2 Å². The molecule has 1 fully saturated rings. The number of ether oxygens (including phenoxy) is 1. The Labute approximate surface area is 162 Å². The summed E-state index contributed by atoms with van der Waals surface area (Å²) in [5.74, 6) is 0.0355. The number of carbonyl (C=O) groups is 1. The molecule has 1 N–H and O–H groups in total. The van der Waals surface area contributed by atoms with E-state index in [1.54, 1.807) is 20.1 Å². The van der Waals surface area contributed by atoms with Crippen LogP contribution in [0.15, 0.2) is 30.5 Å². The monoisotopic (exact) mass is 382 g/mol. The number of fused-ring (bicyclic) bond motifs is 1. The van der Waals surface area contributed by atoms with Crippen LogP contribution in [0.5, 0.6) is 0 Å². The zero-order chi connectivity index (χ0) is 20.1. The van der Waals surface area contributed by atoms with Gasteiger partial charge in [0.2, 0.25) is 0 Å². The quantitative estimate of drug-likeness (QED) is 0.732. The molecule has 28 heavy (non-hydrogen) atoms. The number of rotatable bonds is 5. The average Bonchev–Trinajstić information content (AvgIpc) is 3.38. The van der Waals surface area contributed by atoms with E-state index in [4.69, 9.17) is 4.74 Å². The number of amides is 1. The van der Waals surface area contributed by atoms with Gasteiger partial charge in [0.15, 0.2) is 11.5 Å². The molecule has 1 aliphatic carbocycles. The molecule has 2 aromatic heterocycles. The van der Waals surface area contributed by atoms with Crippen molar-refractivity contribution in [2.75, 3.05) is 7.11 Å². The topological polar surface area (TPSA) is 68.5 Å². The van der Waals surface area contributed by atoms with E-state index in [0.717, 1.165) is 18.4 Å². The third-order valence-corrected chi connectivity index (χ3v) is 5.29. The van der Waals surface area contributed by atoms with Gasteiger partial charge in [-0.15, -0.1) is 10.2 Å². The summed E-state index contributed by atoms with van der Waals surface area (Å²) in [5.41, 5.74) is 2.30. The van der Waals surface area contributed by atoms with Crippen molar-refractivity contribution in [1.82, 2.24) is 19.9 Å². The van der Waals surface area contributed by atoms with Crippen molar-refractivity contribution >= 4 is 11.6 Å². The third-order valence-electron chi connectivity index (χ3n) is 5.29. The Kier molecular flexibility index (Phi) is 4.42. The van der Waals surface area contributed by atoms with E-state index in [-0.39, 0.29) is 11.9 Å². The van der Waals surface area contributed by atoms with E-state index < -0.39 is 11.4 Å². The Morgan fingerprint density at radius 3 is 2.71 bits per heavy atom. The summed E-state index contributed by atoms with van der Waals surface area (Å²) in [7, 11) is 1.62. The molecule has 0 saturated heterocycles. The molecule has 0 atom stereocenters. The lowest BCUT2D eigenvalue weighted by Gasteiger charge is -2.20. The number of benzene rings is 1. The summed E-state index contributed by atoms with van der Waals surface area (Å²) in [6.07, 6.45) is 3.81. The van der Waals surface area contributed by atoms with E-state index in [1.807, 2.05) is 36.6 Å². The van der Waals surface area contributed by atoms with Crippen LogP contribution in [-0.2, 0) is 10.3 Å². The highest BCUT2D eigenvalue weighted by atomic mass is 19.1. The van der Waals surface area contributed by atoms with Gasteiger partial charge >= 0.3 is 0 Å². The number of nitrogens with zero attached hydrogens (tertiary/aromatic N) is 3. The largest absolute Gasteiger partial charge is 0.371 e. The first-order valence-corrected chi connectivity index (χ1v) is 9.32. The Balaban J connectivity index is 1.76. The molecule has 0 bridgehead atoms. The SMILES string of the molecule is COC(C)(C)c1nnc2cc(-c3cc(C(=O)NC4CC4)cc(F)c3C)ccn12. The lowest BCUT2D eigenvalue weighted by molar-refractivity contribution is 0.0106. The number of nitrogens with one attached hydrogen (secondary N) is 1. The second-order valence-corrected chi connectivity index (χ2v) is 7.76. The second kappa shape index (κ2) is 6.67. The van der Waals surface area contributed by atoms with E-state index in [1.165, 1.54) is 6.07 Å². The van der Waals surface area contributed by atoms with Crippen LogP contribution in [0, 0.1) is 12.7 Å². The molecule has 3 aromatic rings. The number of methoxy groups -OCH3 is 1. The lowest BCUT2D eigenvalue weighted by atomic mass is 9.97. The van der Waals surface area contributed by atoms with Crippen LogP contribution in [0.1, 0.15) is 48.4 Å². The van der Waals surface area contributed by atoms with Crippen LogP contribution >= 0.6 is 0 Å². The van der Waals surface area contributed by atoms with Gasteiger partial charge in [0, 0.05) is 24.9 Å².